The minimum absolute atomic E-state index is 0.230. The van der Waals surface area contributed by atoms with E-state index in [1.54, 1.807) is 18.3 Å². The van der Waals surface area contributed by atoms with Crippen LogP contribution in [0.1, 0.15) is 18.4 Å². The number of hydrogen-bond acceptors (Lipinski definition) is 5. The van der Waals surface area contributed by atoms with Gasteiger partial charge in [0.1, 0.15) is 0 Å². The van der Waals surface area contributed by atoms with Crippen LogP contribution in [0, 0.1) is 11.3 Å². The van der Waals surface area contributed by atoms with E-state index in [1.165, 1.54) is 11.8 Å². The molecule has 1 heterocycles. The van der Waals surface area contributed by atoms with Crippen LogP contribution in [0.4, 0.5) is 4.79 Å². The van der Waals surface area contributed by atoms with Gasteiger partial charge in [-0.05, 0) is 24.3 Å². The zero-order valence-corrected chi connectivity index (χ0v) is 10.4. The SMILES string of the molecule is N#Cc1ccnc(SCCCC(=O)NC(N)=O)c1. The van der Waals surface area contributed by atoms with E-state index in [4.69, 9.17) is 11.0 Å². The quantitative estimate of drug-likeness (QED) is 0.609. The molecule has 0 aliphatic heterocycles. The highest BCUT2D eigenvalue weighted by molar-refractivity contribution is 7.99. The molecule has 1 aromatic rings. The first-order valence-electron chi connectivity index (χ1n) is 5.20. The molecule has 0 radical (unpaired) electrons. The summed E-state index contributed by atoms with van der Waals surface area (Å²) in [7, 11) is 0. The summed E-state index contributed by atoms with van der Waals surface area (Å²) < 4.78 is 0. The highest BCUT2D eigenvalue weighted by Crippen LogP contribution is 2.17. The molecule has 0 aliphatic carbocycles. The molecule has 1 rings (SSSR count). The summed E-state index contributed by atoms with van der Waals surface area (Å²) in [6.45, 7) is 0. The maximum atomic E-state index is 11.1. The van der Waals surface area contributed by atoms with Crippen LogP contribution in [0.3, 0.4) is 0 Å². The maximum absolute atomic E-state index is 11.1. The highest BCUT2D eigenvalue weighted by Gasteiger charge is 2.04. The van der Waals surface area contributed by atoms with E-state index < -0.39 is 6.03 Å². The Morgan fingerprint density at radius 3 is 3.00 bits per heavy atom. The fourth-order valence-electron chi connectivity index (χ4n) is 1.17. The van der Waals surface area contributed by atoms with E-state index in [1.807, 2.05) is 11.4 Å². The third-order valence-electron chi connectivity index (χ3n) is 1.92. The maximum Gasteiger partial charge on any atom is 0.318 e. The minimum Gasteiger partial charge on any atom is -0.351 e. The lowest BCUT2D eigenvalue weighted by Crippen LogP contribution is -2.34. The Bertz CT molecular complexity index is 484. The van der Waals surface area contributed by atoms with Gasteiger partial charge in [-0.15, -0.1) is 11.8 Å². The topological polar surface area (TPSA) is 109 Å². The number of urea groups is 1. The van der Waals surface area contributed by atoms with Crippen LogP contribution in [0.25, 0.3) is 0 Å². The van der Waals surface area contributed by atoms with Gasteiger partial charge in [0.05, 0.1) is 16.7 Å². The van der Waals surface area contributed by atoms with Gasteiger partial charge >= 0.3 is 6.03 Å². The predicted molar refractivity (Wildman–Crippen MR) is 66.6 cm³/mol. The second kappa shape index (κ2) is 7.29. The van der Waals surface area contributed by atoms with Crippen LogP contribution < -0.4 is 11.1 Å². The summed E-state index contributed by atoms with van der Waals surface area (Å²) in [5.41, 5.74) is 5.36. The van der Waals surface area contributed by atoms with Crippen LogP contribution >= 0.6 is 11.8 Å². The zero-order chi connectivity index (χ0) is 13.4. The standard InChI is InChI=1S/C11H12N4O2S/c12-7-8-3-4-14-10(6-8)18-5-1-2-9(16)15-11(13)17/h3-4,6H,1-2,5H2,(H3,13,15,16,17). The van der Waals surface area contributed by atoms with Crippen molar-refractivity contribution in [3.05, 3.63) is 23.9 Å². The first-order valence-corrected chi connectivity index (χ1v) is 6.18. The molecule has 0 unspecified atom stereocenters. The normalized spacial score (nSPS) is 9.50. The number of aromatic nitrogens is 1. The van der Waals surface area contributed by atoms with Crippen molar-refractivity contribution >= 4 is 23.7 Å². The van der Waals surface area contributed by atoms with E-state index in [0.29, 0.717) is 17.7 Å². The Labute approximate surface area is 109 Å². The van der Waals surface area contributed by atoms with E-state index in [0.717, 1.165) is 5.03 Å². The third-order valence-corrected chi connectivity index (χ3v) is 2.94. The van der Waals surface area contributed by atoms with Crippen molar-refractivity contribution in [2.75, 3.05) is 5.75 Å². The first-order chi connectivity index (χ1) is 8.61. The van der Waals surface area contributed by atoms with Gasteiger partial charge in [0.2, 0.25) is 5.91 Å². The highest BCUT2D eigenvalue weighted by atomic mass is 32.2. The van der Waals surface area contributed by atoms with Gasteiger partial charge in [0.15, 0.2) is 0 Å². The lowest BCUT2D eigenvalue weighted by atomic mass is 10.3. The van der Waals surface area contributed by atoms with Gasteiger partial charge in [-0.25, -0.2) is 9.78 Å². The Hall–Kier alpha value is -2.07. The molecular weight excluding hydrogens is 252 g/mol. The Morgan fingerprint density at radius 1 is 1.56 bits per heavy atom. The molecule has 0 saturated carbocycles. The molecule has 6 nitrogen and oxygen atoms in total. The predicted octanol–water partition coefficient (Wildman–Crippen LogP) is 1.02. The molecule has 3 amide bonds. The Morgan fingerprint density at radius 2 is 2.33 bits per heavy atom. The molecule has 0 saturated heterocycles. The Kier molecular flexibility index (Phi) is 5.67. The molecule has 0 aliphatic rings. The van der Waals surface area contributed by atoms with E-state index in [2.05, 4.69) is 4.98 Å². The van der Waals surface area contributed by atoms with Gasteiger partial charge in [-0.2, -0.15) is 5.26 Å². The van der Waals surface area contributed by atoms with E-state index in [-0.39, 0.29) is 12.3 Å². The molecule has 3 N–H and O–H groups in total. The number of carbonyl (C=O) groups is 2. The average Bonchev–Trinajstić information content (AvgIpc) is 2.34. The van der Waals surface area contributed by atoms with Gasteiger partial charge in [-0.3, -0.25) is 10.1 Å². The summed E-state index contributed by atoms with van der Waals surface area (Å²) >= 11 is 1.45. The number of imide groups is 1. The number of nitriles is 1. The molecule has 0 bridgehead atoms. The van der Waals surface area contributed by atoms with Crippen LogP contribution in [-0.4, -0.2) is 22.7 Å². The van der Waals surface area contributed by atoms with Crippen molar-refractivity contribution in [3.8, 4) is 6.07 Å². The van der Waals surface area contributed by atoms with Crippen molar-refractivity contribution in [3.63, 3.8) is 0 Å². The third kappa shape index (κ3) is 5.32. The molecule has 94 valence electrons. The summed E-state index contributed by atoms with van der Waals surface area (Å²) in [5.74, 6) is 0.287. The van der Waals surface area contributed by atoms with Crippen molar-refractivity contribution < 1.29 is 9.59 Å². The number of carbonyl (C=O) groups excluding carboxylic acids is 2. The molecule has 7 heteroatoms. The number of rotatable bonds is 5. The summed E-state index contributed by atoms with van der Waals surface area (Å²) in [6, 6.07) is 4.51. The number of thioether (sulfide) groups is 1. The molecule has 18 heavy (non-hydrogen) atoms. The Balaban J connectivity index is 2.27. The molecular formula is C11H12N4O2S. The largest absolute Gasteiger partial charge is 0.351 e. The molecule has 1 aromatic heterocycles. The van der Waals surface area contributed by atoms with Crippen LogP contribution in [0.5, 0.6) is 0 Å². The summed E-state index contributed by atoms with van der Waals surface area (Å²) in [5, 5.41) is 11.4. The van der Waals surface area contributed by atoms with Crippen LogP contribution in [0.15, 0.2) is 23.4 Å². The van der Waals surface area contributed by atoms with E-state index >= 15 is 0 Å². The van der Waals surface area contributed by atoms with Gasteiger partial charge in [0, 0.05) is 12.6 Å². The van der Waals surface area contributed by atoms with Crippen molar-refractivity contribution in [2.45, 2.75) is 17.9 Å². The van der Waals surface area contributed by atoms with Crippen molar-refractivity contribution in [1.29, 1.82) is 5.26 Å². The number of pyridine rings is 1. The number of nitrogens with zero attached hydrogens (tertiary/aromatic N) is 2. The number of nitrogens with one attached hydrogen (secondary N) is 1. The van der Waals surface area contributed by atoms with Gasteiger partial charge in [-0.1, -0.05) is 0 Å². The second-order valence-corrected chi connectivity index (χ2v) is 4.47. The molecule has 0 atom stereocenters. The second-order valence-electron chi connectivity index (χ2n) is 3.36. The summed E-state index contributed by atoms with van der Waals surface area (Å²) in [6.07, 6.45) is 2.40. The molecule has 0 fully saturated rings. The van der Waals surface area contributed by atoms with Crippen molar-refractivity contribution in [1.82, 2.24) is 10.3 Å². The lowest BCUT2D eigenvalue weighted by molar-refractivity contribution is -0.119. The van der Waals surface area contributed by atoms with Gasteiger partial charge in [0.25, 0.3) is 0 Å². The number of primary amides is 1. The van der Waals surface area contributed by atoms with Gasteiger partial charge < -0.3 is 5.73 Å². The zero-order valence-electron chi connectivity index (χ0n) is 9.55. The fraction of sp³-hybridized carbons (Fsp3) is 0.273. The van der Waals surface area contributed by atoms with Crippen LogP contribution in [-0.2, 0) is 4.79 Å². The minimum atomic E-state index is -0.837. The molecule has 0 spiro atoms. The monoisotopic (exact) mass is 264 g/mol. The molecule has 0 aromatic carbocycles. The van der Waals surface area contributed by atoms with Crippen molar-refractivity contribution in [2.24, 2.45) is 5.73 Å². The van der Waals surface area contributed by atoms with Crippen LogP contribution in [0.2, 0.25) is 0 Å². The lowest BCUT2D eigenvalue weighted by Gasteiger charge is -2.01. The average molecular weight is 264 g/mol. The number of nitrogens with two attached hydrogens (primary N) is 1. The number of hydrogen-bond donors (Lipinski definition) is 2. The first kappa shape index (κ1) is 14.0. The number of amides is 3. The fourth-order valence-corrected chi connectivity index (χ4v) is 2.01. The smallest absolute Gasteiger partial charge is 0.318 e. The summed E-state index contributed by atoms with van der Waals surface area (Å²) in [4.78, 5) is 25.6. The van der Waals surface area contributed by atoms with E-state index in [9.17, 15) is 9.59 Å².